The molecule has 1 N–H and O–H groups in total. The zero-order valence-corrected chi connectivity index (χ0v) is 17.4. The van der Waals surface area contributed by atoms with Gasteiger partial charge in [-0.1, -0.05) is 54.6 Å². The van der Waals surface area contributed by atoms with Crippen molar-refractivity contribution in [1.29, 1.82) is 0 Å². The lowest BCUT2D eigenvalue weighted by Gasteiger charge is -2.32. The lowest BCUT2D eigenvalue weighted by Crippen LogP contribution is -2.44. The van der Waals surface area contributed by atoms with Gasteiger partial charge in [0, 0.05) is 26.2 Å². The molecular weight excluding hydrogens is 358 g/mol. The van der Waals surface area contributed by atoms with Gasteiger partial charge < -0.3 is 10.2 Å². The zero-order valence-electron chi connectivity index (χ0n) is 17.4. The summed E-state index contributed by atoms with van der Waals surface area (Å²) in [5.41, 5.74) is 4.01. The highest BCUT2D eigenvalue weighted by Crippen LogP contribution is 2.22. The first-order valence-electron chi connectivity index (χ1n) is 11.1. The van der Waals surface area contributed by atoms with Crippen molar-refractivity contribution < 1.29 is 4.79 Å². The second-order valence-electron chi connectivity index (χ2n) is 8.58. The molecule has 2 saturated heterocycles. The van der Waals surface area contributed by atoms with E-state index in [1.807, 2.05) is 35.2 Å². The highest BCUT2D eigenvalue weighted by Gasteiger charge is 2.22. The summed E-state index contributed by atoms with van der Waals surface area (Å²) in [5.74, 6) is 0.678. The number of urea groups is 1. The van der Waals surface area contributed by atoms with Gasteiger partial charge in [-0.25, -0.2) is 4.79 Å². The normalized spacial score (nSPS) is 18.1. The Bertz CT molecular complexity index is 760. The van der Waals surface area contributed by atoms with Crippen molar-refractivity contribution in [2.75, 3.05) is 26.2 Å². The van der Waals surface area contributed by atoms with Crippen LogP contribution in [0, 0.1) is 5.92 Å². The average Bonchev–Trinajstić information content (AvgIpc) is 3.28. The molecule has 154 valence electrons. The molecule has 2 aromatic rings. The molecule has 0 radical (unpaired) electrons. The van der Waals surface area contributed by atoms with E-state index >= 15 is 0 Å². The van der Waals surface area contributed by atoms with Crippen LogP contribution in [-0.4, -0.2) is 42.0 Å². The topological polar surface area (TPSA) is 35.6 Å². The highest BCUT2D eigenvalue weighted by molar-refractivity contribution is 5.74. The number of benzene rings is 2. The molecule has 4 heteroatoms. The SMILES string of the molecule is O=C(NCc1ccccc1)N1CCC(Cc2ccc(CN3CCCC3)cc2)CC1. The molecule has 0 atom stereocenters. The maximum absolute atomic E-state index is 12.4. The Morgan fingerprint density at radius 1 is 0.828 bits per heavy atom. The zero-order chi connectivity index (χ0) is 19.9. The Morgan fingerprint density at radius 2 is 1.48 bits per heavy atom. The smallest absolute Gasteiger partial charge is 0.317 e. The largest absolute Gasteiger partial charge is 0.334 e. The first kappa shape index (κ1) is 20.0. The number of carbonyl (C=O) groups excluding carboxylic acids is 1. The number of piperidine rings is 1. The van der Waals surface area contributed by atoms with Crippen molar-refractivity contribution in [1.82, 2.24) is 15.1 Å². The molecule has 0 unspecified atom stereocenters. The Hall–Kier alpha value is -2.33. The lowest BCUT2D eigenvalue weighted by atomic mass is 9.90. The van der Waals surface area contributed by atoms with Gasteiger partial charge in [0.25, 0.3) is 0 Å². The van der Waals surface area contributed by atoms with Gasteiger partial charge in [-0.05, 0) is 67.8 Å². The molecule has 4 rings (SSSR count). The van der Waals surface area contributed by atoms with E-state index in [-0.39, 0.29) is 6.03 Å². The van der Waals surface area contributed by atoms with Gasteiger partial charge in [-0.15, -0.1) is 0 Å². The highest BCUT2D eigenvalue weighted by atomic mass is 16.2. The van der Waals surface area contributed by atoms with Crippen molar-refractivity contribution in [2.24, 2.45) is 5.92 Å². The summed E-state index contributed by atoms with van der Waals surface area (Å²) in [5, 5.41) is 3.05. The van der Waals surface area contributed by atoms with Gasteiger partial charge in [0.2, 0.25) is 0 Å². The third kappa shape index (κ3) is 5.83. The monoisotopic (exact) mass is 391 g/mol. The van der Waals surface area contributed by atoms with Crippen LogP contribution in [-0.2, 0) is 19.5 Å². The summed E-state index contributed by atoms with van der Waals surface area (Å²) >= 11 is 0. The maximum Gasteiger partial charge on any atom is 0.317 e. The van der Waals surface area contributed by atoms with Crippen molar-refractivity contribution in [3.8, 4) is 0 Å². The van der Waals surface area contributed by atoms with E-state index in [1.54, 1.807) is 0 Å². The van der Waals surface area contributed by atoms with Crippen molar-refractivity contribution in [2.45, 2.75) is 45.2 Å². The molecule has 2 amide bonds. The fourth-order valence-electron chi connectivity index (χ4n) is 4.54. The van der Waals surface area contributed by atoms with Crippen molar-refractivity contribution >= 4 is 6.03 Å². The van der Waals surface area contributed by atoms with Crippen molar-refractivity contribution in [3.63, 3.8) is 0 Å². The van der Waals surface area contributed by atoms with Crippen LogP contribution >= 0.6 is 0 Å². The minimum atomic E-state index is 0.0681. The molecular formula is C25H33N3O. The quantitative estimate of drug-likeness (QED) is 0.790. The predicted molar refractivity (Wildman–Crippen MR) is 118 cm³/mol. The van der Waals surface area contributed by atoms with Gasteiger partial charge in [-0.2, -0.15) is 0 Å². The number of hydrogen-bond donors (Lipinski definition) is 1. The van der Waals surface area contributed by atoms with Crippen LogP contribution in [0.25, 0.3) is 0 Å². The molecule has 29 heavy (non-hydrogen) atoms. The van der Waals surface area contributed by atoms with Gasteiger partial charge in [-0.3, -0.25) is 4.90 Å². The first-order valence-corrected chi connectivity index (χ1v) is 11.1. The Balaban J connectivity index is 1.19. The summed E-state index contributed by atoms with van der Waals surface area (Å²) in [6, 6.07) is 19.4. The van der Waals surface area contributed by atoms with E-state index in [1.165, 1.54) is 37.1 Å². The fraction of sp³-hybridized carbons (Fsp3) is 0.480. The molecule has 0 bridgehead atoms. The maximum atomic E-state index is 12.4. The molecule has 0 saturated carbocycles. The third-order valence-electron chi connectivity index (χ3n) is 6.34. The third-order valence-corrected chi connectivity index (χ3v) is 6.34. The Labute approximate surface area is 174 Å². The first-order chi connectivity index (χ1) is 14.3. The molecule has 0 spiro atoms. The molecule has 2 heterocycles. The van der Waals surface area contributed by atoms with E-state index in [9.17, 15) is 4.79 Å². The molecule has 4 nitrogen and oxygen atoms in total. The second-order valence-corrected chi connectivity index (χ2v) is 8.58. The Morgan fingerprint density at radius 3 is 2.17 bits per heavy atom. The number of hydrogen-bond acceptors (Lipinski definition) is 2. The fourth-order valence-corrected chi connectivity index (χ4v) is 4.54. The summed E-state index contributed by atoms with van der Waals surface area (Å²) in [4.78, 5) is 16.9. The number of amides is 2. The predicted octanol–water partition coefficient (Wildman–Crippen LogP) is 4.45. The van der Waals surface area contributed by atoms with Crippen LogP contribution in [0.15, 0.2) is 54.6 Å². The molecule has 2 aliphatic heterocycles. The number of carbonyl (C=O) groups is 1. The van der Waals surface area contributed by atoms with E-state index in [0.717, 1.165) is 44.5 Å². The number of likely N-dealkylation sites (tertiary alicyclic amines) is 2. The lowest BCUT2D eigenvalue weighted by molar-refractivity contribution is 0.170. The number of nitrogens with zero attached hydrogens (tertiary/aromatic N) is 2. The van der Waals surface area contributed by atoms with Gasteiger partial charge >= 0.3 is 6.03 Å². The van der Waals surface area contributed by atoms with E-state index in [2.05, 4.69) is 34.5 Å². The van der Waals surface area contributed by atoms with E-state index in [0.29, 0.717) is 12.5 Å². The average molecular weight is 392 g/mol. The van der Waals surface area contributed by atoms with Crippen LogP contribution in [0.4, 0.5) is 4.79 Å². The van der Waals surface area contributed by atoms with Gasteiger partial charge in [0.15, 0.2) is 0 Å². The van der Waals surface area contributed by atoms with Crippen LogP contribution in [0.1, 0.15) is 42.4 Å². The van der Waals surface area contributed by atoms with Crippen molar-refractivity contribution in [3.05, 3.63) is 71.3 Å². The summed E-state index contributed by atoms with van der Waals surface area (Å²) in [6.45, 7) is 5.91. The van der Waals surface area contributed by atoms with Crippen LogP contribution in [0.5, 0.6) is 0 Å². The molecule has 2 fully saturated rings. The molecule has 2 aromatic carbocycles. The standard InChI is InChI=1S/C25H33N3O/c29-25(26-19-23-6-2-1-3-7-23)28-16-12-22(13-17-28)18-21-8-10-24(11-9-21)20-27-14-4-5-15-27/h1-3,6-11,22H,4-5,12-20H2,(H,26,29). The minimum Gasteiger partial charge on any atom is -0.334 e. The Kier molecular flexibility index (Phi) is 6.83. The van der Waals surface area contributed by atoms with E-state index < -0.39 is 0 Å². The number of rotatable bonds is 6. The number of nitrogens with one attached hydrogen (secondary N) is 1. The van der Waals surface area contributed by atoms with E-state index in [4.69, 9.17) is 0 Å². The van der Waals surface area contributed by atoms with Gasteiger partial charge in [0.1, 0.15) is 0 Å². The molecule has 0 aliphatic carbocycles. The summed E-state index contributed by atoms with van der Waals surface area (Å²) < 4.78 is 0. The van der Waals surface area contributed by atoms with Crippen LogP contribution < -0.4 is 5.32 Å². The van der Waals surface area contributed by atoms with Crippen LogP contribution in [0.3, 0.4) is 0 Å². The molecule has 2 aliphatic rings. The molecule has 0 aromatic heterocycles. The van der Waals surface area contributed by atoms with Gasteiger partial charge in [0.05, 0.1) is 0 Å². The van der Waals surface area contributed by atoms with Crippen LogP contribution in [0.2, 0.25) is 0 Å². The second kappa shape index (κ2) is 9.93. The summed E-state index contributed by atoms with van der Waals surface area (Å²) in [7, 11) is 0. The minimum absolute atomic E-state index is 0.0681. The summed E-state index contributed by atoms with van der Waals surface area (Å²) in [6.07, 6.45) is 6.01.